The molecule has 20 heavy (non-hydrogen) atoms. The van der Waals surface area contributed by atoms with Crippen LogP contribution in [0.15, 0.2) is 43.0 Å². The summed E-state index contributed by atoms with van der Waals surface area (Å²) < 4.78 is 6.25. The molecule has 6 heteroatoms. The molecule has 0 aliphatic heterocycles. The smallest absolute Gasteiger partial charge is 0.338 e. The van der Waals surface area contributed by atoms with Crippen molar-refractivity contribution in [2.75, 3.05) is 6.61 Å². The minimum atomic E-state index is -0.346. The lowest BCUT2D eigenvalue weighted by molar-refractivity contribution is 0.0526. The summed E-state index contributed by atoms with van der Waals surface area (Å²) in [4.78, 5) is 26.9. The number of amides is 1. The minimum Gasteiger partial charge on any atom is -0.462 e. The van der Waals surface area contributed by atoms with Crippen LogP contribution >= 0.6 is 0 Å². The predicted octanol–water partition coefficient (Wildman–Crippen LogP) is 1.82. The van der Waals surface area contributed by atoms with Crippen LogP contribution in [0.3, 0.4) is 0 Å². The molecular weight excluding hydrogens is 258 g/mol. The molecular formula is C14H15N3O3. The molecule has 1 N–H and O–H groups in total. The number of ether oxygens (including phenoxy) is 1. The first-order chi connectivity index (χ1) is 9.70. The van der Waals surface area contributed by atoms with Gasteiger partial charge in [-0.05, 0) is 24.6 Å². The number of rotatable bonds is 4. The first kappa shape index (κ1) is 13.8. The van der Waals surface area contributed by atoms with Crippen LogP contribution in [0.5, 0.6) is 0 Å². The molecule has 6 nitrogen and oxygen atoms in total. The highest BCUT2D eigenvalue weighted by atomic mass is 16.5. The number of nitrogens with one attached hydrogen (secondary N) is 1. The molecule has 0 aliphatic carbocycles. The van der Waals surface area contributed by atoms with E-state index in [0.717, 1.165) is 5.56 Å². The Labute approximate surface area is 116 Å². The Balaban J connectivity index is 1.91. The fourth-order valence-electron chi connectivity index (χ4n) is 1.62. The van der Waals surface area contributed by atoms with Gasteiger partial charge in [-0.15, -0.1) is 0 Å². The Hall–Kier alpha value is -2.63. The van der Waals surface area contributed by atoms with Gasteiger partial charge in [0.05, 0.1) is 12.2 Å². The fraction of sp³-hybridized carbons (Fsp3) is 0.214. The van der Waals surface area contributed by atoms with E-state index in [4.69, 9.17) is 4.74 Å². The lowest BCUT2D eigenvalue weighted by Gasteiger charge is -2.06. The maximum absolute atomic E-state index is 11.7. The Kier molecular flexibility index (Phi) is 4.49. The normalized spacial score (nSPS) is 10.1. The zero-order valence-corrected chi connectivity index (χ0v) is 11.1. The summed E-state index contributed by atoms with van der Waals surface area (Å²) in [5, 5.41) is 2.74. The SMILES string of the molecule is CCOC(=O)c1ccc(CNC(=O)n2ccnc2)cc1. The Morgan fingerprint density at radius 2 is 2.05 bits per heavy atom. The van der Waals surface area contributed by atoms with E-state index in [1.807, 2.05) is 0 Å². The van der Waals surface area contributed by atoms with Crippen molar-refractivity contribution in [2.24, 2.45) is 0 Å². The van der Waals surface area contributed by atoms with Gasteiger partial charge in [-0.1, -0.05) is 12.1 Å². The van der Waals surface area contributed by atoms with Crippen LogP contribution < -0.4 is 5.32 Å². The summed E-state index contributed by atoms with van der Waals surface area (Å²) in [6.45, 7) is 2.49. The van der Waals surface area contributed by atoms with Gasteiger partial charge in [-0.3, -0.25) is 4.57 Å². The van der Waals surface area contributed by atoms with Crippen LogP contribution in [0, 0.1) is 0 Å². The van der Waals surface area contributed by atoms with Crippen LogP contribution in [0.4, 0.5) is 4.79 Å². The maximum Gasteiger partial charge on any atom is 0.338 e. The van der Waals surface area contributed by atoms with E-state index < -0.39 is 0 Å². The zero-order valence-electron chi connectivity index (χ0n) is 11.1. The number of aromatic nitrogens is 2. The third-order valence-corrected chi connectivity index (χ3v) is 2.65. The molecule has 0 atom stereocenters. The number of hydrogen-bond acceptors (Lipinski definition) is 4. The second-order valence-corrected chi connectivity index (χ2v) is 4.05. The number of carbonyl (C=O) groups excluding carboxylic acids is 2. The third kappa shape index (κ3) is 3.44. The molecule has 0 saturated heterocycles. The predicted molar refractivity (Wildman–Crippen MR) is 72.3 cm³/mol. The molecule has 1 heterocycles. The van der Waals surface area contributed by atoms with Crippen LogP contribution in [-0.2, 0) is 11.3 Å². The molecule has 0 aliphatic rings. The fourth-order valence-corrected chi connectivity index (χ4v) is 1.62. The molecule has 2 aromatic rings. The van der Waals surface area contributed by atoms with Gasteiger partial charge < -0.3 is 10.1 Å². The van der Waals surface area contributed by atoms with E-state index in [-0.39, 0.29) is 12.0 Å². The highest BCUT2D eigenvalue weighted by molar-refractivity contribution is 5.89. The summed E-state index contributed by atoms with van der Waals surface area (Å²) in [7, 11) is 0. The highest BCUT2D eigenvalue weighted by Gasteiger charge is 2.06. The average Bonchev–Trinajstić information content (AvgIpc) is 3.00. The van der Waals surface area contributed by atoms with Gasteiger partial charge in [0.25, 0.3) is 0 Å². The van der Waals surface area contributed by atoms with E-state index in [1.165, 1.54) is 17.1 Å². The third-order valence-electron chi connectivity index (χ3n) is 2.65. The first-order valence-corrected chi connectivity index (χ1v) is 6.23. The van der Waals surface area contributed by atoms with Crippen LogP contribution in [0.2, 0.25) is 0 Å². The van der Waals surface area contributed by atoms with Crippen LogP contribution in [0.1, 0.15) is 22.8 Å². The average molecular weight is 273 g/mol. The first-order valence-electron chi connectivity index (χ1n) is 6.23. The van der Waals surface area contributed by atoms with Crippen LogP contribution in [0.25, 0.3) is 0 Å². The van der Waals surface area contributed by atoms with E-state index in [0.29, 0.717) is 18.7 Å². The Morgan fingerprint density at radius 3 is 2.65 bits per heavy atom. The number of imidazole rings is 1. The topological polar surface area (TPSA) is 73.2 Å². The standard InChI is InChI=1S/C14H15N3O3/c1-2-20-13(18)12-5-3-11(4-6-12)9-16-14(19)17-8-7-15-10-17/h3-8,10H,2,9H2,1H3,(H,16,19). The molecule has 0 radical (unpaired) electrons. The van der Waals surface area contributed by atoms with E-state index in [9.17, 15) is 9.59 Å². The van der Waals surface area contributed by atoms with E-state index in [1.54, 1.807) is 37.4 Å². The van der Waals surface area contributed by atoms with Gasteiger partial charge >= 0.3 is 12.0 Å². The number of carbonyl (C=O) groups is 2. The minimum absolute atomic E-state index is 0.253. The van der Waals surface area contributed by atoms with Crippen molar-refractivity contribution >= 4 is 12.0 Å². The van der Waals surface area contributed by atoms with Crippen molar-refractivity contribution in [2.45, 2.75) is 13.5 Å². The summed E-state index contributed by atoms with van der Waals surface area (Å²) in [5.74, 6) is -0.346. The second-order valence-electron chi connectivity index (χ2n) is 4.05. The highest BCUT2D eigenvalue weighted by Crippen LogP contribution is 2.06. The molecule has 0 fully saturated rings. The Morgan fingerprint density at radius 1 is 1.30 bits per heavy atom. The lowest BCUT2D eigenvalue weighted by atomic mass is 10.1. The molecule has 104 valence electrons. The largest absolute Gasteiger partial charge is 0.462 e. The molecule has 2 rings (SSSR count). The summed E-state index contributed by atoms with van der Waals surface area (Å²) in [6, 6.07) is 6.66. The number of hydrogen-bond donors (Lipinski definition) is 1. The molecule has 1 amide bonds. The molecule has 1 aromatic heterocycles. The summed E-state index contributed by atoms with van der Waals surface area (Å²) >= 11 is 0. The summed E-state index contributed by atoms with van der Waals surface area (Å²) in [5.41, 5.74) is 1.39. The van der Waals surface area contributed by atoms with Crippen molar-refractivity contribution in [1.29, 1.82) is 0 Å². The van der Waals surface area contributed by atoms with Crippen molar-refractivity contribution in [3.05, 3.63) is 54.1 Å². The number of benzene rings is 1. The maximum atomic E-state index is 11.7. The quantitative estimate of drug-likeness (QED) is 0.862. The van der Waals surface area contributed by atoms with Gasteiger partial charge in [0, 0.05) is 18.9 Å². The van der Waals surface area contributed by atoms with Crippen LogP contribution in [-0.4, -0.2) is 28.2 Å². The van der Waals surface area contributed by atoms with Crippen molar-refractivity contribution in [3.8, 4) is 0 Å². The van der Waals surface area contributed by atoms with Crippen molar-refractivity contribution < 1.29 is 14.3 Å². The summed E-state index contributed by atoms with van der Waals surface area (Å²) in [6.07, 6.45) is 4.53. The van der Waals surface area contributed by atoms with Gasteiger partial charge in [0.1, 0.15) is 6.33 Å². The lowest BCUT2D eigenvalue weighted by Crippen LogP contribution is -2.27. The Bertz CT molecular complexity index is 576. The molecule has 0 saturated carbocycles. The van der Waals surface area contributed by atoms with E-state index in [2.05, 4.69) is 10.3 Å². The molecule has 0 unspecified atom stereocenters. The van der Waals surface area contributed by atoms with Gasteiger partial charge in [0.15, 0.2) is 0 Å². The van der Waals surface area contributed by atoms with Gasteiger partial charge in [-0.25, -0.2) is 14.6 Å². The van der Waals surface area contributed by atoms with Gasteiger partial charge in [0.2, 0.25) is 0 Å². The van der Waals surface area contributed by atoms with Crippen molar-refractivity contribution in [1.82, 2.24) is 14.9 Å². The monoisotopic (exact) mass is 273 g/mol. The number of esters is 1. The molecule has 1 aromatic carbocycles. The second kappa shape index (κ2) is 6.51. The molecule has 0 bridgehead atoms. The van der Waals surface area contributed by atoms with Gasteiger partial charge in [-0.2, -0.15) is 0 Å². The molecule has 0 spiro atoms. The van der Waals surface area contributed by atoms with Crippen molar-refractivity contribution in [3.63, 3.8) is 0 Å². The number of nitrogens with zero attached hydrogens (tertiary/aromatic N) is 2. The van der Waals surface area contributed by atoms with E-state index >= 15 is 0 Å². The zero-order chi connectivity index (χ0) is 14.4.